The van der Waals surface area contributed by atoms with Crippen molar-refractivity contribution < 1.29 is 4.92 Å². The molecule has 0 atom stereocenters. The average Bonchev–Trinajstić information content (AvgIpc) is 3.22. The molecule has 5 rings (SSSR count). The summed E-state index contributed by atoms with van der Waals surface area (Å²) in [6.07, 6.45) is 13.4. The predicted octanol–water partition coefficient (Wildman–Crippen LogP) is 3.28. The van der Waals surface area contributed by atoms with Gasteiger partial charge in [0.1, 0.15) is 11.2 Å². The van der Waals surface area contributed by atoms with E-state index in [1.807, 2.05) is 9.58 Å². The number of nitrogens with zero attached hydrogens (tertiary/aromatic N) is 6. The van der Waals surface area contributed by atoms with Gasteiger partial charge in [-0.05, 0) is 31.6 Å². The lowest BCUT2D eigenvalue weighted by Gasteiger charge is -2.39. The summed E-state index contributed by atoms with van der Waals surface area (Å²) in [5, 5.41) is 16.3. The van der Waals surface area contributed by atoms with Crippen molar-refractivity contribution in [1.82, 2.24) is 24.6 Å². The van der Waals surface area contributed by atoms with Gasteiger partial charge in [-0.1, -0.05) is 38.5 Å². The quantitative estimate of drug-likeness (QED) is 0.309. The van der Waals surface area contributed by atoms with Crippen molar-refractivity contribution in [2.24, 2.45) is 10.9 Å². The largest absolute Gasteiger partial charge is 0.353 e. The van der Waals surface area contributed by atoms with Crippen LogP contribution in [-0.4, -0.2) is 61.6 Å². The zero-order valence-electron chi connectivity index (χ0n) is 19.1. The smallest absolute Gasteiger partial charge is 0.262 e. The molecule has 0 unspecified atom stereocenters. The molecule has 2 aromatic heterocycles. The minimum Gasteiger partial charge on any atom is -0.353 e. The molecular weight excluding hydrogens is 422 g/mol. The number of rotatable bonds is 6. The Morgan fingerprint density at radius 1 is 1.12 bits per heavy atom. The van der Waals surface area contributed by atoms with Crippen LogP contribution in [0.2, 0.25) is 0 Å². The summed E-state index contributed by atoms with van der Waals surface area (Å²) in [5.74, 6) is 1.77. The Bertz CT molecular complexity index is 1070. The lowest BCUT2D eigenvalue weighted by Crippen LogP contribution is -2.51. The molecule has 1 saturated heterocycles. The standard InChI is InChI=1S/C23H33N7O3/c31-23-19-12-25-30(18-9-5-2-6-10-18)22(19)26-21(27-23)17-13-28(14-17)20(15-29(32)33)24-11-16-7-3-1-4-8-16/h12,16-18H,1-11,13-15H2,(H,26,27,31). The van der Waals surface area contributed by atoms with Gasteiger partial charge in [0.05, 0.1) is 18.2 Å². The lowest BCUT2D eigenvalue weighted by molar-refractivity contribution is -0.464. The van der Waals surface area contributed by atoms with Crippen LogP contribution in [0.15, 0.2) is 16.0 Å². The minimum atomic E-state index is -0.304. The highest BCUT2D eigenvalue weighted by Crippen LogP contribution is 2.31. The van der Waals surface area contributed by atoms with E-state index in [-0.39, 0.29) is 22.9 Å². The van der Waals surface area contributed by atoms with Gasteiger partial charge in [0, 0.05) is 24.6 Å². The maximum atomic E-state index is 12.7. The number of nitrogens with one attached hydrogen (secondary N) is 1. The molecule has 0 spiro atoms. The molecule has 3 aliphatic rings. The Morgan fingerprint density at radius 3 is 2.52 bits per heavy atom. The fourth-order valence-electron chi connectivity index (χ4n) is 5.57. The van der Waals surface area contributed by atoms with E-state index in [9.17, 15) is 14.9 Å². The van der Waals surface area contributed by atoms with Crippen molar-refractivity contribution >= 4 is 16.9 Å². The highest BCUT2D eigenvalue weighted by atomic mass is 16.6. The van der Waals surface area contributed by atoms with Crippen molar-refractivity contribution in [2.75, 3.05) is 26.2 Å². The number of amidine groups is 1. The minimum absolute atomic E-state index is 0.0310. The molecule has 0 amide bonds. The number of hydrogen-bond donors (Lipinski definition) is 1. The Kier molecular flexibility index (Phi) is 6.41. The van der Waals surface area contributed by atoms with Gasteiger partial charge in [0.25, 0.3) is 12.1 Å². The van der Waals surface area contributed by atoms with Crippen LogP contribution >= 0.6 is 0 Å². The van der Waals surface area contributed by atoms with Crippen LogP contribution in [0.3, 0.4) is 0 Å². The van der Waals surface area contributed by atoms with Crippen LogP contribution in [0.1, 0.15) is 82.0 Å². The number of aromatic nitrogens is 4. The van der Waals surface area contributed by atoms with Crippen LogP contribution in [-0.2, 0) is 0 Å². The Hall–Kier alpha value is -2.78. The number of hydrogen-bond acceptors (Lipinski definition) is 6. The number of aromatic amines is 1. The average molecular weight is 456 g/mol. The van der Waals surface area contributed by atoms with Crippen LogP contribution < -0.4 is 5.56 Å². The van der Waals surface area contributed by atoms with Crippen molar-refractivity contribution in [3.63, 3.8) is 0 Å². The van der Waals surface area contributed by atoms with Crippen molar-refractivity contribution in [1.29, 1.82) is 0 Å². The molecule has 10 nitrogen and oxygen atoms in total. The van der Waals surface area contributed by atoms with Crippen LogP contribution in [0.25, 0.3) is 11.0 Å². The predicted molar refractivity (Wildman–Crippen MR) is 125 cm³/mol. The number of aliphatic imine (C=N–C) groups is 1. The maximum Gasteiger partial charge on any atom is 0.262 e. The summed E-state index contributed by atoms with van der Waals surface area (Å²) >= 11 is 0. The molecule has 178 valence electrons. The van der Waals surface area contributed by atoms with E-state index in [0.29, 0.717) is 54.3 Å². The van der Waals surface area contributed by atoms with Crippen LogP contribution in [0.5, 0.6) is 0 Å². The van der Waals surface area contributed by atoms with E-state index >= 15 is 0 Å². The fraction of sp³-hybridized carbons (Fsp3) is 0.739. The molecule has 0 aromatic carbocycles. The van der Waals surface area contributed by atoms with Gasteiger partial charge in [-0.2, -0.15) is 5.10 Å². The fourth-order valence-corrected chi connectivity index (χ4v) is 5.57. The molecule has 3 heterocycles. The van der Waals surface area contributed by atoms with Gasteiger partial charge in [-0.15, -0.1) is 0 Å². The molecule has 0 radical (unpaired) electrons. The van der Waals surface area contributed by atoms with Crippen LogP contribution in [0.4, 0.5) is 0 Å². The van der Waals surface area contributed by atoms with Gasteiger partial charge < -0.3 is 9.88 Å². The third kappa shape index (κ3) is 4.79. The van der Waals surface area contributed by atoms with Gasteiger partial charge >= 0.3 is 0 Å². The Labute approximate surface area is 192 Å². The first-order chi connectivity index (χ1) is 16.1. The van der Waals surface area contributed by atoms with Crippen molar-refractivity contribution in [3.05, 3.63) is 32.5 Å². The zero-order chi connectivity index (χ0) is 22.8. The monoisotopic (exact) mass is 455 g/mol. The molecule has 1 N–H and O–H groups in total. The topological polar surface area (TPSA) is 122 Å². The van der Waals surface area contributed by atoms with Gasteiger partial charge in [-0.3, -0.25) is 19.9 Å². The first-order valence-electron chi connectivity index (χ1n) is 12.5. The highest BCUT2D eigenvalue weighted by Gasteiger charge is 2.35. The molecule has 10 heteroatoms. The third-order valence-corrected chi connectivity index (χ3v) is 7.56. The molecule has 0 bridgehead atoms. The van der Waals surface area contributed by atoms with E-state index in [4.69, 9.17) is 4.98 Å². The second-order valence-corrected chi connectivity index (χ2v) is 9.92. The summed E-state index contributed by atoms with van der Waals surface area (Å²) in [6, 6.07) is 0.301. The van der Waals surface area contributed by atoms with Gasteiger partial charge in [-0.25, -0.2) is 9.67 Å². The number of H-pyrrole nitrogens is 1. The SMILES string of the molecule is O=c1[nH]c(C2CN(C(C[N+](=O)[O-])=NCC3CCCCC3)C2)nc2c1cnn2C1CCCCC1. The van der Waals surface area contributed by atoms with E-state index in [1.165, 1.54) is 38.5 Å². The van der Waals surface area contributed by atoms with Gasteiger partial charge in [0.15, 0.2) is 11.5 Å². The summed E-state index contributed by atoms with van der Waals surface area (Å²) in [5.41, 5.74) is 0.502. The molecule has 2 saturated carbocycles. The summed E-state index contributed by atoms with van der Waals surface area (Å²) in [7, 11) is 0. The number of nitro groups is 1. The normalized spacial score (nSPS) is 21.5. The van der Waals surface area contributed by atoms with Crippen molar-refractivity contribution in [2.45, 2.75) is 76.2 Å². The molecule has 2 aromatic rings. The molecular formula is C23H33N7O3. The summed E-state index contributed by atoms with van der Waals surface area (Å²) in [4.78, 5) is 38.0. The van der Waals surface area contributed by atoms with Gasteiger partial charge in [0.2, 0.25) is 0 Å². The number of likely N-dealkylation sites (tertiary alicyclic amines) is 1. The first-order valence-corrected chi connectivity index (χ1v) is 12.5. The number of fused-ring (bicyclic) bond motifs is 1. The Morgan fingerprint density at radius 2 is 1.82 bits per heavy atom. The van der Waals surface area contributed by atoms with E-state index < -0.39 is 0 Å². The van der Waals surface area contributed by atoms with Crippen molar-refractivity contribution in [3.8, 4) is 0 Å². The van der Waals surface area contributed by atoms with Crippen LogP contribution in [0, 0.1) is 16.0 Å². The summed E-state index contributed by atoms with van der Waals surface area (Å²) in [6.45, 7) is 1.59. The van der Waals surface area contributed by atoms with E-state index in [2.05, 4.69) is 15.1 Å². The van der Waals surface area contributed by atoms with E-state index in [1.54, 1.807) is 6.20 Å². The zero-order valence-corrected chi connectivity index (χ0v) is 19.1. The molecule has 33 heavy (non-hydrogen) atoms. The highest BCUT2D eigenvalue weighted by molar-refractivity contribution is 5.84. The molecule has 3 fully saturated rings. The lowest BCUT2D eigenvalue weighted by atomic mass is 9.89. The maximum absolute atomic E-state index is 12.7. The second kappa shape index (κ2) is 9.61. The Balaban J connectivity index is 1.31. The van der Waals surface area contributed by atoms with E-state index in [0.717, 1.165) is 25.7 Å². The second-order valence-electron chi connectivity index (χ2n) is 9.92. The first kappa shape index (κ1) is 22.0. The summed E-state index contributed by atoms with van der Waals surface area (Å²) < 4.78 is 1.94. The molecule has 1 aliphatic heterocycles. The molecule has 2 aliphatic carbocycles. The third-order valence-electron chi connectivity index (χ3n) is 7.56.